The second-order valence-corrected chi connectivity index (χ2v) is 4.86. The number of rotatable bonds is 2. The van der Waals surface area contributed by atoms with Gasteiger partial charge in [-0.25, -0.2) is 9.67 Å². The summed E-state index contributed by atoms with van der Waals surface area (Å²) in [5.74, 6) is 0.850. The summed E-state index contributed by atoms with van der Waals surface area (Å²) in [7, 11) is 0. The zero-order valence-corrected chi connectivity index (χ0v) is 9.97. The van der Waals surface area contributed by atoms with Crippen molar-refractivity contribution in [2.75, 3.05) is 0 Å². The van der Waals surface area contributed by atoms with Crippen LogP contribution in [0.3, 0.4) is 0 Å². The van der Waals surface area contributed by atoms with Gasteiger partial charge in [-0.1, -0.05) is 12.8 Å². The molecule has 0 aromatic carbocycles. The fourth-order valence-electron chi connectivity index (χ4n) is 2.77. The Morgan fingerprint density at radius 3 is 3.00 bits per heavy atom. The average molecular weight is 242 g/mol. The number of nitrogens with zero attached hydrogens (tertiary/aromatic N) is 3. The summed E-state index contributed by atoms with van der Waals surface area (Å²) in [6.07, 6.45) is 10.2. The van der Waals surface area contributed by atoms with E-state index in [1.165, 1.54) is 25.7 Å². The molecule has 1 aliphatic rings. The molecule has 0 radical (unpaired) electrons. The molecular formula is C13H14N4O. The molecule has 3 heterocycles. The van der Waals surface area contributed by atoms with Crippen LogP contribution in [0.2, 0.25) is 0 Å². The number of hydrogen-bond acceptors (Lipinski definition) is 3. The van der Waals surface area contributed by atoms with Gasteiger partial charge in [-0.3, -0.25) is 0 Å². The summed E-state index contributed by atoms with van der Waals surface area (Å²) in [5, 5.41) is 4.46. The molecule has 18 heavy (non-hydrogen) atoms. The van der Waals surface area contributed by atoms with Crippen molar-refractivity contribution in [2.45, 2.75) is 31.7 Å². The Hall–Kier alpha value is -2.04. The summed E-state index contributed by atoms with van der Waals surface area (Å²) in [4.78, 5) is 7.93. The number of imidazole rings is 1. The molecule has 92 valence electrons. The molecular weight excluding hydrogens is 228 g/mol. The Morgan fingerprint density at radius 2 is 2.22 bits per heavy atom. The highest BCUT2D eigenvalue weighted by molar-refractivity contribution is 5.75. The van der Waals surface area contributed by atoms with Crippen molar-refractivity contribution in [2.24, 2.45) is 0 Å². The van der Waals surface area contributed by atoms with Crippen LogP contribution in [0.15, 0.2) is 29.2 Å². The minimum absolute atomic E-state index is 0.517. The Kier molecular flexibility index (Phi) is 2.06. The van der Waals surface area contributed by atoms with E-state index in [0.29, 0.717) is 6.04 Å². The maximum Gasteiger partial charge on any atom is 0.177 e. The van der Waals surface area contributed by atoms with Gasteiger partial charge in [0.2, 0.25) is 0 Å². The van der Waals surface area contributed by atoms with Crippen molar-refractivity contribution in [1.82, 2.24) is 19.7 Å². The Labute approximate surface area is 104 Å². The van der Waals surface area contributed by atoms with Gasteiger partial charge in [0.1, 0.15) is 17.6 Å². The number of fused-ring (bicyclic) bond motifs is 1. The van der Waals surface area contributed by atoms with Gasteiger partial charge in [-0.05, 0) is 18.9 Å². The third-order valence-electron chi connectivity index (χ3n) is 3.71. The molecule has 5 heteroatoms. The lowest BCUT2D eigenvalue weighted by Crippen LogP contribution is -2.06. The lowest BCUT2D eigenvalue weighted by atomic mass is 10.2. The van der Waals surface area contributed by atoms with E-state index in [4.69, 9.17) is 4.42 Å². The summed E-state index contributed by atoms with van der Waals surface area (Å²) < 4.78 is 7.16. The summed E-state index contributed by atoms with van der Waals surface area (Å²) >= 11 is 0. The number of furan rings is 1. The second kappa shape index (κ2) is 3.73. The average Bonchev–Trinajstić information content (AvgIpc) is 3.13. The first-order valence-corrected chi connectivity index (χ1v) is 6.37. The van der Waals surface area contributed by atoms with Gasteiger partial charge >= 0.3 is 0 Å². The Balaban J connectivity index is 1.81. The molecule has 3 aromatic heterocycles. The molecule has 0 amide bonds. The van der Waals surface area contributed by atoms with Crippen LogP contribution >= 0.6 is 0 Å². The van der Waals surface area contributed by atoms with Crippen LogP contribution in [0.25, 0.3) is 22.6 Å². The normalized spacial score (nSPS) is 16.9. The largest absolute Gasteiger partial charge is 0.472 e. The van der Waals surface area contributed by atoms with Gasteiger partial charge in [0.15, 0.2) is 5.65 Å². The molecule has 1 fully saturated rings. The minimum atomic E-state index is 0.517. The van der Waals surface area contributed by atoms with Crippen molar-refractivity contribution in [3.05, 3.63) is 24.8 Å². The fourth-order valence-corrected chi connectivity index (χ4v) is 2.77. The van der Waals surface area contributed by atoms with Gasteiger partial charge in [0.05, 0.1) is 24.1 Å². The molecule has 0 bridgehead atoms. The summed E-state index contributed by atoms with van der Waals surface area (Å²) in [6.45, 7) is 0. The predicted octanol–water partition coefficient (Wildman–Crippen LogP) is 3.13. The van der Waals surface area contributed by atoms with Crippen LogP contribution in [-0.2, 0) is 0 Å². The van der Waals surface area contributed by atoms with Crippen LogP contribution in [0.4, 0.5) is 0 Å². The molecule has 3 aromatic rings. The highest BCUT2D eigenvalue weighted by Gasteiger charge is 2.21. The van der Waals surface area contributed by atoms with Crippen molar-refractivity contribution in [1.29, 1.82) is 0 Å². The maximum atomic E-state index is 5.09. The van der Waals surface area contributed by atoms with E-state index in [2.05, 4.69) is 19.7 Å². The quantitative estimate of drug-likeness (QED) is 0.751. The molecule has 1 N–H and O–H groups in total. The first-order valence-electron chi connectivity index (χ1n) is 6.37. The number of aromatic nitrogens is 4. The lowest BCUT2D eigenvalue weighted by molar-refractivity contribution is 0.479. The minimum Gasteiger partial charge on any atom is -0.472 e. The zero-order valence-electron chi connectivity index (χ0n) is 9.97. The van der Waals surface area contributed by atoms with Crippen LogP contribution in [-0.4, -0.2) is 19.7 Å². The number of nitrogens with one attached hydrogen (secondary N) is 1. The van der Waals surface area contributed by atoms with Crippen molar-refractivity contribution < 1.29 is 4.42 Å². The van der Waals surface area contributed by atoms with E-state index in [1.54, 1.807) is 12.5 Å². The third-order valence-corrected chi connectivity index (χ3v) is 3.71. The van der Waals surface area contributed by atoms with Crippen molar-refractivity contribution in [3.63, 3.8) is 0 Å². The number of H-pyrrole nitrogens is 1. The molecule has 0 saturated heterocycles. The molecule has 0 unspecified atom stereocenters. The summed E-state index contributed by atoms with van der Waals surface area (Å²) in [6, 6.07) is 2.42. The van der Waals surface area contributed by atoms with Crippen LogP contribution in [0, 0.1) is 0 Å². The standard InChI is InChI=1S/C13H14N4O/c1-2-4-10(3-1)17-13-11(7-14-17)15-12(16-13)9-5-6-18-8-9/h5-8,10H,1-4H2,(H,15,16). The van der Waals surface area contributed by atoms with E-state index in [1.807, 2.05) is 12.3 Å². The van der Waals surface area contributed by atoms with Gasteiger partial charge in [0, 0.05) is 0 Å². The van der Waals surface area contributed by atoms with E-state index < -0.39 is 0 Å². The van der Waals surface area contributed by atoms with E-state index >= 15 is 0 Å². The van der Waals surface area contributed by atoms with Crippen LogP contribution in [0.5, 0.6) is 0 Å². The third kappa shape index (κ3) is 1.40. The topological polar surface area (TPSA) is 59.6 Å². The first-order chi connectivity index (χ1) is 8.92. The van der Waals surface area contributed by atoms with Gasteiger partial charge in [0.25, 0.3) is 0 Å². The second-order valence-electron chi connectivity index (χ2n) is 4.86. The van der Waals surface area contributed by atoms with Gasteiger partial charge in [-0.2, -0.15) is 5.10 Å². The first kappa shape index (κ1) is 9.94. The molecule has 5 nitrogen and oxygen atoms in total. The predicted molar refractivity (Wildman–Crippen MR) is 67.1 cm³/mol. The summed E-state index contributed by atoms with van der Waals surface area (Å²) in [5.41, 5.74) is 2.93. The van der Waals surface area contributed by atoms with E-state index in [9.17, 15) is 0 Å². The van der Waals surface area contributed by atoms with E-state index in [-0.39, 0.29) is 0 Å². The highest BCUT2D eigenvalue weighted by Crippen LogP contribution is 2.31. The Bertz CT molecular complexity index is 658. The van der Waals surface area contributed by atoms with Crippen LogP contribution < -0.4 is 0 Å². The molecule has 1 aliphatic carbocycles. The van der Waals surface area contributed by atoms with Crippen molar-refractivity contribution in [3.8, 4) is 11.4 Å². The number of aromatic amines is 1. The molecule has 0 atom stereocenters. The smallest absolute Gasteiger partial charge is 0.177 e. The fraction of sp³-hybridized carbons (Fsp3) is 0.385. The molecule has 0 aliphatic heterocycles. The monoisotopic (exact) mass is 242 g/mol. The van der Waals surface area contributed by atoms with Gasteiger partial charge < -0.3 is 9.40 Å². The maximum absolute atomic E-state index is 5.09. The van der Waals surface area contributed by atoms with Crippen LogP contribution in [0.1, 0.15) is 31.7 Å². The lowest BCUT2D eigenvalue weighted by Gasteiger charge is -2.08. The molecule has 4 rings (SSSR count). The number of hydrogen-bond donors (Lipinski definition) is 1. The van der Waals surface area contributed by atoms with E-state index in [0.717, 1.165) is 22.6 Å². The highest BCUT2D eigenvalue weighted by atomic mass is 16.3. The van der Waals surface area contributed by atoms with Crippen molar-refractivity contribution >= 4 is 11.2 Å². The molecule has 1 saturated carbocycles. The molecule has 0 spiro atoms. The Morgan fingerprint density at radius 1 is 1.33 bits per heavy atom. The zero-order chi connectivity index (χ0) is 11.9. The SMILES string of the molecule is c1cc(-c2nc3c(cnn3C3CCCC3)[nH]2)co1. The van der Waals surface area contributed by atoms with Gasteiger partial charge in [-0.15, -0.1) is 0 Å².